The number of nitrogens with zero attached hydrogens (tertiary/aromatic N) is 5. The maximum atomic E-state index is 12.8. The van der Waals surface area contributed by atoms with Crippen molar-refractivity contribution >= 4 is 5.95 Å². The van der Waals surface area contributed by atoms with Crippen molar-refractivity contribution in [3.63, 3.8) is 0 Å². The highest BCUT2D eigenvalue weighted by molar-refractivity contribution is 5.66. The van der Waals surface area contributed by atoms with Crippen molar-refractivity contribution < 1.29 is 14.2 Å². The van der Waals surface area contributed by atoms with Crippen LogP contribution < -0.4 is 19.9 Å². The topological polar surface area (TPSA) is 91.6 Å². The molecule has 3 aromatic heterocycles. The smallest absolute Gasteiger partial charge is 0.255 e. The lowest BCUT2D eigenvalue weighted by molar-refractivity contribution is 0.0375. The summed E-state index contributed by atoms with van der Waals surface area (Å²) < 4.78 is 18.6. The minimum absolute atomic E-state index is 0.124. The Balaban J connectivity index is 1.48. The number of hydrogen-bond donors (Lipinski definition) is 0. The molecule has 1 saturated heterocycles. The van der Waals surface area contributed by atoms with Gasteiger partial charge in [-0.15, -0.1) is 0 Å². The number of rotatable bonds is 6. The lowest BCUT2D eigenvalue weighted by Gasteiger charge is -2.35. The van der Waals surface area contributed by atoms with Crippen LogP contribution in [0.1, 0.15) is 11.7 Å². The zero-order valence-electron chi connectivity index (χ0n) is 20.4. The van der Waals surface area contributed by atoms with Crippen molar-refractivity contribution in [1.82, 2.24) is 19.5 Å². The van der Waals surface area contributed by atoms with E-state index in [1.807, 2.05) is 36.4 Å². The normalized spacial score (nSPS) is 15.5. The second-order valence-electron chi connectivity index (χ2n) is 8.43. The van der Waals surface area contributed by atoms with Gasteiger partial charge in [0, 0.05) is 61.0 Å². The molecule has 4 heterocycles. The van der Waals surface area contributed by atoms with Crippen LogP contribution in [0.25, 0.3) is 22.4 Å². The molecule has 1 atom stereocenters. The predicted octanol–water partition coefficient (Wildman–Crippen LogP) is 3.50. The van der Waals surface area contributed by atoms with Crippen molar-refractivity contribution in [2.75, 3.05) is 38.8 Å². The van der Waals surface area contributed by atoms with E-state index in [0.29, 0.717) is 37.2 Å². The number of anilines is 1. The molecular weight excluding hydrogens is 458 g/mol. The van der Waals surface area contributed by atoms with Crippen molar-refractivity contribution in [3.05, 3.63) is 83.0 Å². The van der Waals surface area contributed by atoms with Crippen molar-refractivity contribution in [1.29, 1.82) is 0 Å². The Morgan fingerprint density at radius 3 is 2.50 bits per heavy atom. The molecule has 184 valence electrons. The van der Waals surface area contributed by atoms with Crippen LogP contribution in [0.5, 0.6) is 11.6 Å². The van der Waals surface area contributed by atoms with Gasteiger partial charge in [-0.2, -0.15) is 0 Å². The number of methoxy groups -OCH3 is 2. The minimum atomic E-state index is -0.277. The molecule has 1 aromatic carbocycles. The second kappa shape index (κ2) is 10.2. The lowest BCUT2D eigenvalue weighted by atomic mass is 9.99. The summed E-state index contributed by atoms with van der Waals surface area (Å²) in [7, 11) is 4.98. The molecule has 1 aliphatic rings. The van der Waals surface area contributed by atoms with Gasteiger partial charge < -0.3 is 19.1 Å². The first-order chi connectivity index (χ1) is 17.6. The van der Waals surface area contributed by atoms with E-state index in [2.05, 4.69) is 20.9 Å². The summed E-state index contributed by atoms with van der Waals surface area (Å²) in [5.74, 6) is 1.89. The SMILES string of the molecule is COc1ccc(-c2ccc(OC)c(C3CN(c4nc(-c5ccncc5)cc(=O)n4C)CCO3)c2)cn1. The average molecular weight is 486 g/mol. The Morgan fingerprint density at radius 1 is 0.972 bits per heavy atom. The van der Waals surface area contributed by atoms with Gasteiger partial charge in [-0.3, -0.25) is 14.3 Å². The number of morpholine rings is 1. The van der Waals surface area contributed by atoms with Crippen LogP contribution in [0.15, 0.2) is 71.9 Å². The Kier molecular flexibility index (Phi) is 6.64. The van der Waals surface area contributed by atoms with Crippen LogP contribution in [-0.4, -0.2) is 53.4 Å². The molecule has 5 rings (SSSR count). The van der Waals surface area contributed by atoms with Gasteiger partial charge in [-0.1, -0.05) is 6.07 Å². The van der Waals surface area contributed by atoms with Gasteiger partial charge in [0.15, 0.2) is 0 Å². The molecule has 0 aliphatic carbocycles. The minimum Gasteiger partial charge on any atom is -0.496 e. The molecule has 1 aliphatic heterocycles. The van der Waals surface area contributed by atoms with Gasteiger partial charge >= 0.3 is 0 Å². The third-order valence-electron chi connectivity index (χ3n) is 6.29. The molecule has 9 nitrogen and oxygen atoms in total. The molecule has 1 fully saturated rings. The highest BCUT2D eigenvalue weighted by Crippen LogP contribution is 2.35. The third-order valence-corrected chi connectivity index (χ3v) is 6.29. The first kappa shape index (κ1) is 23.5. The summed E-state index contributed by atoms with van der Waals surface area (Å²) in [4.78, 5) is 28.1. The zero-order valence-corrected chi connectivity index (χ0v) is 20.4. The van der Waals surface area contributed by atoms with Crippen LogP contribution in [0, 0.1) is 0 Å². The Labute approximate surface area is 209 Å². The fourth-order valence-corrected chi connectivity index (χ4v) is 4.34. The highest BCUT2D eigenvalue weighted by Gasteiger charge is 2.27. The second-order valence-corrected chi connectivity index (χ2v) is 8.43. The van der Waals surface area contributed by atoms with E-state index in [9.17, 15) is 4.79 Å². The molecule has 0 spiro atoms. The van der Waals surface area contributed by atoms with Gasteiger partial charge in [-0.25, -0.2) is 9.97 Å². The van der Waals surface area contributed by atoms with Crippen LogP contribution in [0.3, 0.4) is 0 Å². The van der Waals surface area contributed by atoms with E-state index >= 15 is 0 Å². The van der Waals surface area contributed by atoms with E-state index in [-0.39, 0.29) is 11.7 Å². The number of pyridine rings is 2. The fourth-order valence-electron chi connectivity index (χ4n) is 4.34. The van der Waals surface area contributed by atoms with Crippen LogP contribution in [0.4, 0.5) is 5.95 Å². The standard InChI is InChI=1S/C27H27N5O4/c1-31-26(33)15-22(18-8-10-28-11-9-18)30-27(31)32-12-13-36-24(17-32)21-14-19(4-6-23(21)34-2)20-5-7-25(35-3)29-16-20/h4-11,14-16,24H,12-13,17H2,1-3H3. The summed E-state index contributed by atoms with van der Waals surface area (Å²) in [5.41, 5.74) is 4.21. The first-order valence-electron chi connectivity index (χ1n) is 11.6. The zero-order chi connectivity index (χ0) is 25.1. The van der Waals surface area contributed by atoms with Gasteiger partial charge in [0.1, 0.15) is 11.9 Å². The first-order valence-corrected chi connectivity index (χ1v) is 11.6. The Morgan fingerprint density at radius 2 is 1.78 bits per heavy atom. The molecule has 0 N–H and O–H groups in total. The van der Waals surface area contributed by atoms with E-state index in [4.69, 9.17) is 19.2 Å². The molecule has 36 heavy (non-hydrogen) atoms. The lowest BCUT2D eigenvalue weighted by Crippen LogP contribution is -2.41. The summed E-state index contributed by atoms with van der Waals surface area (Å²) in [6.45, 7) is 1.61. The van der Waals surface area contributed by atoms with Crippen molar-refractivity contribution in [3.8, 4) is 34.0 Å². The van der Waals surface area contributed by atoms with Gasteiger partial charge in [0.05, 0.1) is 33.1 Å². The number of aromatic nitrogens is 4. The molecule has 0 bridgehead atoms. The average Bonchev–Trinajstić information content (AvgIpc) is 2.94. The van der Waals surface area contributed by atoms with Crippen LogP contribution in [0.2, 0.25) is 0 Å². The number of ether oxygens (including phenoxy) is 3. The van der Waals surface area contributed by atoms with E-state index in [1.54, 1.807) is 50.5 Å². The fraction of sp³-hybridized carbons (Fsp3) is 0.259. The third kappa shape index (κ3) is 4.65. The Hall–Kier alpha value is -4.24. The van der Waals surface area contributed by atoms with E-state index in [1.165, 1.54) is 0 Å². The summed E-state index contributed by atoms with van der Waals surface area (Å²) >= 11 is 0. The summed E-state index contributed by atoms with van der Waals surface area (Å²) in [6.07, 6.45) is 4.89. The van der Waals surface area contributed by atoms with Gasteiger partial charge in [0.2, 0.25) is 11.8 Å². The van der Waals surface area contributed by atoms with Crippen molar-refractivity contribution in [2.45, 2.75) is 6.10 Å². The van der Waals surface area contributed by atoms with Crippen LogP contribution in [-0.2, 0) is 11.8 Å². The largest absolute Gasteiger partial charge is 0.496 e. The van der Waals surface area contributed by atoms with Gasteiger partial charge in [0.25, 0.3) is 5.56 Å². The molecular formula is C27H27N5O4. The highest BCUT2D eigenvalue weighted by atomic mass is 16.5. The predicted molar refractivity (Wildman–Crippen MR) is 136 cm³/mol. The maximum Gasteiger partial charge on any atom is 0.255 e. The molecule has 0 saturated carbocycles. The molecule has 1 unspecified atom stereocenters. The molecule has 9 heteroatoms. The van der Waals surface area contributed by atoms with E-state index < -0.39 is 0 Å². The van der Waals surface area contributed by atoms with Crippen LogP contribution >= 0.6 is 0 Å². The quantitative estimate of drug-likeness (QED) is 0.410. The maximum absolute atomic E-state index is 12.8. The Bertz CT molecular complexity index is 1410. The van der Waals surface area contributed by atoms with Crippen molar-refractivity contribution in [2.24, 2.45) is 7.05 Å². The molecule has 4 aromatic rings. The summed E-state index contributed by atoms with van der Waals surface area (Å²) in [5, 5.41) is 0. The van der Waals surface area contributed by atoms with Gasteiger partial charge in [-0.05, 0) is 35.9 Å². The monoisotopic (exact) mass is 485 g/mol. The number of hydrogen-bond acceptors (Lipinski definition) is 8. The van der Waals surface area contributed by atoms with E-state index in [0.717, 1.165) is 28.0 Å². The number of benzene rings is 1. The summed E-state index contributed by atoms with van der Waals surface area (Å²) in [6, 6.07) is 15.0. The molecule has 0 radical (unpaired) electrons. The molecule has 0 amide bonds.